The molecule has 49 heavy (non-hydrogen) atoms. The van der Waals surface area contributed by atoms with Crippen molar-refractivity contribution >= 4 is 110 Å². The van der Waals surface area contributed by atoms with Gasteiger partial charge in [0, 0.05) is 54.4 Å². The maximum atomic E-state index is 2.64. The monoisotopic (exact) mass is 616 g/mol. The minimum Gasteiger partial charge on any atom is -0.310 e. The lowest BCUT2D eigenvalue weighted by atomic mass is 9.34. The van der Waals surface area contributed by atoms with Crippen LogP contribution >= 0.6 is 0 Å². The molecule has 3 heteroatoms. The molecule has 9 aromatic carbocycles. The van der Waals surface area contributed by atoms with Crippen molar-refractivity contribution in [2.24, 2.45) is 0 Å². The summed E-state index contributed by atoms with van der Waals surface area (Å²) in [6, 6.07) is 57.2. The zero-order chi connectivity index (χ0) is 31.5. The van der Waals surface area contributed by atoms with Gasteiger partial charge in [0.25, 0.3) is 6.71 Å². The van der Waals surface area contributed by atoms with E-state index in [-0.39, 0.29) is 6.71 Å². The van der Waals surface area contributed by atoms with E-state index in [9.17, 15) is 0 Å². The molecule has 0 bridgehead atoms. The van der Waals surface area contributed by atoms with Crippen molar-refractivity contribution in [1.29, 1.82) is 0 Å². The number of nitrogens with zero attached hydrogens (tertiary/aromatic N) is 2. The second-order valence-corrected chi connectivity index (χ2v) is 14.0. The van der Waals surface area contributed by atoms with E-state index in [1.54, 1.807) is 0 Å². The predicted octanol–water partition coefficient (Wildman–Crippen LogP) is 9.64. The van der Waals surface area contributed by atoms with Crippen LogP contribution in [0.25, 0.3) is 98.1 Å². The van der Waals surface area contributed by atoms with Crippen molar-refractivity contribution in [3.63, 3.8) is 0 Å². The van der Waals surface area contributed by atoms with Crippen LogP contribution in [0.4, 0.5) is 0 Å². The van der Waals surface area contributed by atoms with Gasteiger partial charge >= 0.3 is 0 Å². The van der Waals surface area contributed by atoms with Crippen molar-refractivity contribution in [2.45, 2.75) is 0 Å². The van der Waals surface area contributed by atoms with Crippen LogP contribution in [0.2, 0.25) is 0 Å². The largest absolute Gasteiger partial charge is 0.310 e. The average Bonchev–Trinajstić information content (AvgIpc) is 3.70. The molecule has 0 fully saturated rings. The Morgan fingerprint density at radius 3 is 1.69 bits per heavy atom. The second-order valence-electron chi connectivity index (χ2n) is 14.0. The molecular formula is C46H25BN2. The smallest absolute Gasteiger partial charge is 0.252 e. The maximum Gasteiger partial charge on any atom is 0.252 e. The van der Waals surface area contributed by atoms with Gasteiger partial charge < -0.3 is 9.13 Å². The van der Waals surface area contributed by atoms with E-state index < -0.39 is 0 Å². The lowest BCUT2D eigenvalue weighted by Crippen LogP contribution is -2.59. The highest BCUT2D eigenvalue weighted by atomic mass is 15.0. The first-order valence-corrected chi connectivity index (χ1v) is 17.2. The van der Waals surface area contributed by atoms with Gasteiger partial charge in [0.05, 0.1) is 16.7 Å². The number of aromatic nitrogens is 2. The number of benzene rings is 9. The summed E-state index contributed by atoms with van der Waals surface area (Å²) in [6.45, 7) is 0.111. The van der Waals surface area contributed by atoms with Gasteiger partial charge in [0.15, 0.2) is 0 Å². The van der Waals surface area contributed by atoms with Crippen molar-refractivity contribution < 1.29 is 0 Å². The molecule has 0 N–H and O–H groups in total. The number of rotatable bonds is 0. The van der Waals surface area contributed by atoms with Crippen LogP contribution in [-0.2, 0) is 0 Å². The molecule has 0 radical (unpaired) electrons. The number of fused-ring (bicyclic) bond motifs is 19. The first kappa shape index (κ1) is 24.8. The Bertz CT molecular complexity index is 3340. The van der Waals surface area contributed by atoms with Gasteiger partial charge in [-0.2, -0.15) is 0 Å². The molecule has 0 saturated carbocycles. The van der Waals surface area contributed by atoms with Crippen LogP contribution in [0.5, 0.6) is 0 Å². The van der Waals surface area contributed by atoms with Crippen molar-refractivity contribution in [3.05, 3.63) is 152 Å². The van der Waals surface area contributed by atoms with Gasteiger partial charge in [0.2, 0.25) is 0 Å². The Morgan fingerprint density at radius 2 is 0.898 bits per heavy atom. The van der Waals surface area contributed by atoms with Gasteiger partial charge in [-0.15, -0.1) is 0 Å². The highest BCUT2D eigenvalue weighted by molar-refractivity contribution is 7.00. The van der Waals surface area contributed by atoms with Crippen LogP contribution in [0.15, 0.2) is 152 Å². The fourth-order valence-electron chi connectivity index (χ4n) is 10.1. The highest BCUT2D eigenvalue weighted by Gasteiger charge is 2.42. The Labute approximate surface area is 281 Å². The Hall–Kier alpha value is -6.32. The van der Waals surface area contributed by atoms with Crippen molar-refractivity contribution in [2.75, 3.05) is 0 Å². The van der Waals surface area contributed by atoms with Crippen LogP contribution < -0.4 is 16.4 Å². The highest BCUT2D eigenvalue weighted by Crippen LogP contribution is 2.46. The standard InChI is InChI=1S/C46H25BN2/c1-3-13-28-26(11-1)23-24-35-34-19-9-21-37-43(34)49(42(28)35)46-29-14-4-2-12-27(29)25-39-41(46)47(37)38-22-10-20-36-40-32-17-7-5-15-30(32)31-16-6-8-18-33(31)45(40)48(39)44(36)38/h1-25H. The molecule has 4 heterocycles. The summed E-state index contributed by atoms with van der Waals surface area (Å²) in [5.41, 5.74) is 12.1. The van der Waals surface area contributed by atoms with E-state index >= 15 is 0 Å². The van der Waals surface area contributed by atoms with Crippen LogP contribution in [0, 0.1) is 0 Å². The lowest BCUT2D eigenvalue weighted by molar-refractivity contribution is 1.16. The number of hydrogen-bond acceptors (Lipinski definition) is 0. The fraction of sp³-hybridized carbons (Fsp3) is 0. The zero-order valence-corrected chi connectivity index (χ0v) is 26.4. The molecule has 0 spiro atoms. The second kappa shape index (κ2) is 8.39. The van der Waals surface area contributed by atoms with E-state index in [0.717, 1.165) is 0 Å². The molecule has 0 saturated heterocycles. The molecule has 2 aliphatic rings. The van der Waals surface area contributed by atoms with Gasteiger partial charge in [-0.25, -0.2) is 0 Å². The molecule has 0 aliphatic carbocycles. The minimum absolute atomic E-state index is 0.111. The first-order chi connectivity index (χ1) is 24.4. The molecule has 2 aliphatic heterocycles. The van der Waals surface area contributed by atoms with E-state index in [1.165, 1.54) is 114 Å². The average molecular weight is 617 g/mol. The molecule has 13 rings (SSSR count). The lowest BCUT2D eigenvalue weighted by Gasteiger charge is -2.34. The summed E-state index contributed by atoms with van der Waals surface area (Å²) in [6.07, 6.45) is 0. The molecule has 0 amide bonds. The molecular weight excluding hydrogens is 591 g/mol. The van der Waals surface area contributed by atoms with Gasteiger partial charge in [-0.3, -0.25) is 0 Å². The molecule has 2 nitrogen and oxygen atoms in total. The summed E-state index contributed by atoms with van der Waals surface area (Å²) in [5, 5.41) is 15.7. The molecule has 11 aromatic rings. The maximum absolute atomic E-state index is 2.64. The van der Waals surface area contributed by atoms with Crippen molar-refractivity contribution in [3.8, 4) is 11.4 Å². The molecule has 2 aromatic heterocycles. The third-order valence-electron chi connectivity index (χ3n) is 11.8. The topological polar surface area (TPSA) is 9.86 Å². The zero-order valence-electron chi connectivity index (χ0n) is 26.4. The summed E-state index contributed by atoms with van der Waals surface area (Å²) in [7, 11) is 0. The van der Waals surface area contributed by atoms with E-state index in [0.29, 0.717) is 0 Å². The summed E-state index contributed by atoms with van der Waals surface area (Å²) < 4.78 is 5.29. The quantitative estimate of drug-likeness (QED) is 0.119. The van der Waals surface area contributed by atoms with Crippen molar-refractivity contribution in [1.82, 2.24) is 9.13 Å². The molecule has 0 unspecified atom stereocenters. The van der Waals surface area contributed by atoms with Gasteiger partial charge in [0.1, 0.15) is 0 Å². The van der Waals surface area contributed by atoms with Gasteiger partial charge in [-0.05, 0) is 49.4 Å². The van der Waals surface area contributed by atoms with Crippen LogP contribution in [0.3, 0.4) is 0 Å². The number of para-hydroxylation sites is 2. The normalized spacial score (nSPS) is 13.3. The first-order valence-electron chi connectivity index (χ1n) is 17.2. The van der Waals surface area contributed by atoms with Gasteiger partial charge in [-0.1, -0.05) is 146 Å². The molecule has 222 valence electrons. The number of hydrogen-bond donors (Lipinski definition) is 0. The Balaban J connectivity index is 1.35. The fourth-order valence-corrected chi connectivity index (χ4v) is 10.1. The summed E-state index contributed by atoms with van der Waals surface area (Å²) in [4.78, 5) is 0. The minimum atomic E-state index is 0.111. The predicted molar refractivity (Wildman–Crippen MR) is 210 cm³/mol. The van der Waals surface area contributed by atoms with E-state index in [4.69, 9.17) is 0 Å². The third kappa shape index (κ3) is 2.74. The third-order valence-corrected chi connectivity index (χ3v) is 11.8. The van der Waals surface area contributed by atoms with Crippen LogP contribution in [-0.4, -0.2) is 15.8 Å². The Morgan fingerprint density at radius 1 is 0.347 bits per heavy atom. The Kier molecular flexibility index (Phi) is 4.25. The van der Waals surface area contributed by atoms with E-state index in [2.05, 4.69) is 161 Å². The summed E-state index contributed by atoms with van der Waals surface area (Å²) in [5.74, 6) is 0. The SMILES string of the molecule is c1ccc2c3c4c(cc2c1)-n1c2c(cccc2c2c5ccccc5c5ccccc5c21)B4c1cccc2c4ccc5ccccc5c4n-3c12. The molecule has 0 atom stereocenters. The van der Waals surface area contributed by atoms with Crippen LogP contribution in [0.1, 0.15) is 0 Å². The summed E-state index contributed by atoms with van der Waals surface area (Å²) >= 11 is 0. The van der Waals surface area contributed by atoms with E-state index in [1.807, 2.05) is 0 Å².